The van der Waals surface area contributed by atoms with Crippen molar-refractivity contribution in [2.24, 2.45) is 0 Å². The summed E-state index contributed by atoms with van der Waals surface area (Å²) in [5, 5.41) is 10.2. The summed E-state index contributed by atoms with van der Waals surface area (Å²) in [4.78, 5) is 13.8. The Bertz CT molecular complexity index is 437. The van der Waals surface area contributed by atoms with Gasteiger partial charge in [0.1, 0.15) is 0 Å². The fourth-order valence-electron chi connectivity index (χ4n) is 1.98. The van der Waals surface area contributed by atoms with Gasteiger partial charge in [0.15, 0.2) is 0 Å². The number of hydrogen-bond donors (Lipinski definition) is 1. The van der Waals surface area contributed by atoms with Gasteiger partial charge in [-0.15, -0.1) is 0 Å². The summed E-state index contributed by atoms with van der Waals surface area (Å²) in [6.07, 6.45) is 1.11. The topological polar surface area (TPSA) is 40.5 Å². The number of β-amino-alcohol motifs (C(OH)–C–C–N with tert-alkyl or cyclic N) is 1. The molecule has 1 heterocycles. The first-order valence-corrected chi connectivity index (χ1v) is 6.26. The van der Waals surface area contributed by atoms with E-state index < -0.39 is 6.10 Å². The van der Waals surface area contributed by atoms with Crippen LogP contribution in [0.25, 0.3) is 0 Å². The van der Waals surface area contributed by atoms with Gasteiger partial charge in [-0.3, -0.25) is 4.79 Å². The predicted octanol–water partition coefficient (Wildman–Crippen LogP) is 2.59. The van der Waals surface area contributed by atoms with Gasteiger partial charge in [-0.2, -0.15) is 0 Å². The number of likely N-dealkylation sites (tertiary alicyclic amines) is 1. The lowest BCUT2D eigenvalue weighted by atomic mass is 10.1. The molecule has 0 spiro atoms. The lowest BCUT2D eigenvalue weighted by Crippen LogP contribution is -2.42. The van der Waals surface area contributed by atoms with Gasteiger partial charge in [-0.1, -0.05) is 29.3 Å². The van der Waals surface area contributed by atoms with E-state index in [2.05, 4.69) is 0 Å². The second-order valence-electron chi connectivity index (χ2n) is 4.15. The highest BCUT2D eigenvalue weighted by Crippen LogP contribution is 2.27. The zero-order valence-corrected chi connectivity index (χ0v) is 10.7. The van der Waals surface area contributed by atoms with E-state index in [0.29, 0.717) is 23.7 Å². The monoisotopic (exact) mass is 273 g/mol. The molecule has 5 heteroatoms. The van der Waals surface area contributed by atoms with E-state index in [0.717, 1.165) is 12.8 Å². The van der Waals surface area contributed by atoms with Crippen LogP contribution in [0.1, 0.15) is 23.2 Å². The Hall–Kier alpha value is -0.770. The number of carbonyl (C=O) groups excluding carboxylic acids is 1. The minimum Gasteiger partial charge on any atom is -0.391 e. The maximum absolute atomic E-state index is 12.2. The molecule has 3 nitrogen and oxygen atoms in total. The first kappa shape index (κ1) is 12.7. The van der Waals surface area contributed by atoms with Gasteiger partial charge in [0.25, 0.3) is 5.91 Å². The standard InChI is InChI=1S/C12H13Cl2NO2/c13-10-5-1-4-9(11(10)14)12(17)15-6-2-3-8(16)7-15/h1,4-5,8,16H,2-3,6-7H2. The third-order valence-electron chi connectivity index (χ3n) is 2.87. The van der Waals surface area contributed by atoms with Gasteiger partial charge < -0.3 is 10.0 Å². The van der Waals surface area contributed by atoms with E-state index in [1.54, 1.807) is 23.1 Å². The van der Waals surface area contributed by atoms with Crippen molar-refractivity contribution >= 4 is 29.1 Å². The van der Waals surface area contributed by atoms with Crippen LogP contribution in [0.5, 0.6) is 0 Å². The predicted molar refractivity (Wildman–Crippen MR) is 67.6 cm³/mol. The van der Waals surface area contributed by atoms with Gasteiger partial charge in [0, 0.05) is 13.1 Å². The number of piperidine rings is 1. The molecule has 1 amide bonds. The zero-order valence-electron chi connectivity index (χ0n) is 9.20. The molecule has 1 N–H and O–H groups in total. The third-order valence-corrected chi connectivity index (χ3v) is 3.68. The molecule has 1 aromatic carbocycles. The van der Waals surface area contributed by atoms with Crippen molar-refractivity contribution in [3.8, 4) is 0 Å². The molecule has 1 unspecified atom stereocenters. The van der Waals surface area contributed by atoms with Gasteiger partial charge in [-0.25, -0.2) is 0 Å². The molecular formula is C12H13Cl2NO2. The molecule has 1 fully saturated rings. The summed E-state index contributed by atoms with van der Waals surface area (Å²) in [5.41, 5.74) is 0.397. The van der Waals surface area contributed by atoms with Crippen LogP contribution in [0.2, 0.25) is 10.0 Å². The number of aliphatic hydroxyl groups is 1. The highest BCUT2D eigenvalue weighted by atomic mass is 35.5. The van der Waals surface area contributed by atoms with Crippen molar-refractivity contribution in [3.63, 3.8) is 0 Å². The van der Waals surface area contributed by atoms with Crippen LogP contribution in [0.3, 0.4) is 0 Å². The smallest absolute Gasteiger partial charge is 0.255 e. The number of aliphatic hydroxyl groups excluding tert-OH is 1. The van der Waals surface area contributed by atoms with Gasteiger partial charge in [-0.05, 0) is 25.0 Å². The first-order chi connectivity index (χ1) is 8.09. The number of carbonyl (C=O) groups is 1. The summed E-state index contributed by atoms with van der Waals surface area (Å²) in [7, 11) is 0. The van der Waals surface area contributed by atoms with Gasteiger partial charge >= 0.3 is 0 Å². The maximum Gasteiger partial charge on any atom is 0.255 e. The van der Waals surface area contributed by atoms with E-state index in [4.69, 9.17) is 23.2 Å². The second-order valence-corrected chi connectivity index (χ2v) is 4.93. The molecule has 0 radical (unpaired) electrons. The quantitative estimate of drug-likeness (QED) is 0.855. The lowest BCUT2D eigenvalue weighted by Gasteiger charge is -2.30. The largest absolute Gasteiger partial charge is 0.391 e. The minimum absolute atomic E-state index is 0.170. The summed E-state index contributed by atoms with van der Waals surface area (Å²) in [5.74, 6) is -0.170. The summed E-state index contributed by atoms with van der Waals surface area (Å²) in [6.45, 7) is 1.01. The zero-order chi connectivity index (χ0) is 12.4. The normalized spacial score (nSPS) is 20.4. The average molecular weight is 274 g/mol. The highest BCUT2D eigenvalue weighted by molar-refractivity contribution is 6.43. The van der Waals surface area contributed by atoms with Crippen molar-refractivity contribution in [1.29, 1.82) is 0 Å². The molecule has 17 heavy (non-hydrogen) atoms. The summed E-state index contributed by atoms with van der Waals surface area (Å²) >= 11 is 11.9. The Kier molecular flexibility index (Phi) is 3.92. The van der Waals surface area contributed by atoms with Crippen LogP contribution in [-0.2, 0) is 0 Å². The SMILES string of the molecule is O=C(c1cccc(Cl)c1Cl)N1CCCC(O)C1. The number of rotatable bonds is 1. The molecule has 1 aromatic rings. The van der Waals surface area contributed by atoms with Crippen LogP contribution in [0.4, 0.5) is 0 Å². The van der Waals surface area contributed by atoms with Crippen molar-refractivity contribution in [3.05, 3.63) is 33.8 Å². The van der Waals surface area contributed by atoms with Crippen molar-refractivity contribution < 1.29 is 9.90 Å². The number of halogens is 2. The number of benzene rings is 1. The van der Waals surface area contributed by atoms with E-state index in [-0.39, 0.29) is 10.9 Å². The fourth-order valence-corrected chi connectivity index (χ4v) is 2.36. The van der Waals surface area contributed by atoms with Crippen LogP contribution in [-0.4, -0.2) is 35.1 Å². The average Bonchev–Trinajstić information content (AvgIpc) is 2.32. The lowest BCUT2D eigenvalue weighted by molar-refractivity contribution is 0.0474. The molecule has 0 saturated carbocycles. The van der Waals surface area contributed by atoms with Crippen molar-refractivity contribution in [2.45, 2.75) is 18.9 Å². The molecule has 1 atom stereocenters. The Morgan fingerprint density at radius 1 is 1.41 bits per heavy atom. The van der Waals surface area contributed by atoms with Crippen LogP contribution in [0, 0.1) is 0 Å². The Balaban J connectivity index is 2.22. The fraction of sp³-hybridized carbons (Fsp3) is 0.417. The van der Waals surface area contributed by atoms with E-state index in [9.17, 15) is 9.90 Å². The molecule has 0 aliphatic carbocycles. The van der Waals surface area contributed by atoms with Crippen LogP contribution in [0.15, 0.2) is 18.2 Å². The van der Waals surface area contributed by atoms with E-state index >= 15 is 0 Å². The van der Waals surface area contributed by atoms with Crippen LogP contribution >= 0.6 is 23.2 Å². The molecule has 1 aliphatic rings. The van der Waals surface area contributed by atoms with Crippen molar-refractivity contribution in [2.75, 3.05) is 13.1 Å². The number of amides is 1. The molecule has 92 valence electrons. The van der Waals surface area contributed by atoms with Gasteiger partial charge in [0.2, 0.25) is 0 Å². The van der Waals surface area contributed by atoms with Crippen molar-refractivity contribution in [1.82, 2.24) is 4.90 Å². The Labute approximate surface area is 110 Å². The molecule has 0 aromatic heterocycles. The highest BCUT2D eigenvalue weighted by Gasteiger charge is 2.24. The Morgan fingerprint density at radius 3 is 2.88 bits per heavy atom. The Morgan fingerprint density at radius 2 is 2.18 bits per heavy atom. The first-order valence-electron chi connectivity index (χ1n) is 5.51. The third kappa shape index (κ3) is 2.73. The molecule has 1 aliphatic heterocycles. The number of nitrogens with zero attached hydrogens (tertiary/aromatic N) is 1. The minimum atomic E-state index is -0.439. The number of hydrogen-bond acceptors (Lipinski definition) is 2. The molecule has 2 rings (SSSR count). The molecule has 1 saturated heterocycles. The summed E-state index contributed by atoms with van der Waals surface area (Å²) in [6, 6.07) is 4.99. The van der Waals surface area contributed by atoms with Crippen LogP contribution < -0.4 is 0 Å². The second kappa shape index (κ2) is 5.25. The summed E-state index contributed by atoms with van der Waals surface area (Å²) < 4.78 is 0. The van der Waals surface area contributed by atoms with E-state index in [1.807, 2.05) is 0 Å². The van der Waals surface area contributed by atoms with E-state index in [1.165, 1.54) is 0 Å². The maximum atomic E-state index is 12.2. The molecule has 0 bridgehead atoms. The molecular weight excluding hydrogens is 261 g/mol. The van der Waals surface area contributed by atoms with Gasteiger partial charge in [0.05, 0.1) is 21.7 Å².